The number of rotatable bonds is 9. The van der Waals surface area contributed by atoms with Gasteiger partial charge in [0, 0.05) is 39.3 Å². The molecule has 1 amide bonds. The molecule has 222 valence electrons. The van der Waals surface area contributed by atoms with Crippen LogP contribution in [0.2, 0.25) is 0 Å². The molecule has 3 N–H and O–H groups in total. The SMILES string of the molecule is CCCN(CCC)C(=O)c1cc(NS(=O)(=O)c2ccc(C)c(C)c2)cnc1N1CCNCC1.O=C(O)C(F)(F)F. The molecule has 0 radical (unpaired) electrons. The van der Waals surface area contributed by atoms with Gasteiger partial charge in [-0.3, -0.25) is 9.52 Å². The maximum atomic E-state index is 13.5. The van der Waals surface area contributed by atoms with E-state index in [4.69, 9.17) is 9.90 Å². The number of piperazine rings is 1. The Balaban J connectivity index is 0.000000708. The van der Waals surface area contributed by atoms with Gasteiger partial charge in [0.1, 0.15) is 5.82 Å². The van der Waals surface area contributed by atoms with Crippen molar-refractivity contribution in [3.8, 4) is 0 Å². The number of aryl methyl sites for hydroxylation is 2. The third-order valence-electron chi connectivity index (χ3n) is 6.07. The zero-order valence-electron chi connectivity index (χ0n) is 23.0. The fourth-order valence-electron chi connectivity index (χ4n) is 3.92. The fraction of sp³-hybridized carbons (Fsp3) is 0.500. The quantitative estimate of drug-likeness (QED) is 0.404. The largest absolute Gasteiger partial charge is 0.490 e. The molecular weight excluding hydrogens is 551 g/mol. The monoisotopic (exact) mass is 587 g/mol. The highest BCUT2D eigenvalue weighted by Gasteiger charge is 2.38. The van der Waals surface area contributed by atoms with Crippen LogP contribution in [0, 0.1) is 13.8 Å². The number of hydrogen-bond acceptors (Lipinski definition) is 7. The predicted molar refractivity (Wildman–Crippen MR) is 146 cm³/mol. The summed E-state index contributed by atoms with van der Waals surface area (Å²) in [4.78, 5) is 31.1. The maximum Gasteiger partial charge on any atom is 0.490 e. The number of carbonyl (C=O) groups excluding carboxylic acids is 1. The highest BCUT2D eigenvalue weighted by molar-refractivity contribution is 7.92. The number of aromatic nitrogens is 1. The van der Waals surface area contributed by atoms with E-state index in [1.54, 1.807) is 24.3 Å². The molecule has 1 saturated heterocycles. The predicted octanol–water partition coefficient (Wildman–Crippen LogP) is 3.80. The van der Waals surface area contributed by atoms with Crippen molar-refractivity contribution >= 4 is 33.4 Å². The standard InChI is InChI=1S/C24H35N5O3S.C2HF3O2/c1-5-11-29(12-6-2)24(30)22-16-20(17-26-23(22)28-13-9-25-10-14-28)27-33(31,32)21-8-7-18(3)19(4)15-21;3-2(4,5)1(6)7/h7-8,15-17,25,27H,5-6,9-14H2,1-4H3;(H,6,7). The number of amides is 1. The Bertz CT molecular complexity index is 1280. The van der Waals surface area contributed by atoms with Crippen LogP contribution < -0.4 is 14.9 Å². The molecule has 2 heterocycles. The molecule has 40 heavy (non-hydrogen) atoms. The second-order valence-electron chi connectivity index (χ2n) is 9.28. The highest BCUT2D eigenvalue weighted by atomic mass is 32.2. The molecule has 1 aromatic carbocycles. The third-order valence-corrected chi connectivity index (χ3v) is 7.45. The molecule has 1 aromatic heterocycles. The first-order valence-corrected chi connectivity index (χ1v) is 14.3. The van der Waals surface area contributed by atoms with E-state index >= 15 is 0 Å². The fourth-order valence-corrected chi connectivity index (χ4v) is 5.04. The number of carbonyl (C=O) groups is 2. The van der Waals surface area contributed by atoms with Crippen molar-refractivity contribution in [3.05, 3.63) is 47.2 Å². The van der Waals surface area contributed by atoms with E-state index in [0.717, 1.165) is 50.1 Å². The summed E-state index contributed by atoms with van der Waals surface area (Å²) in [6.45, 7) is 12.3. The first-order valence-electron chi connectivity index (χ1n) is 12.9. The zero-order chi connectivity index (χ0) is 30.1. The van der Waals surface area contributed by atoms with Crippen LogP contribution in [0.25, 0.3) is 0 Å². The lowest BCUT2D eigenvalue weighted by Gasteiger charge is -2.31. The van der Waals surface area contributed by atoms with Crippen LogP contribution in [0.15, 0.2) is 35.4 Å². The number of sulfonamides is 1. The van der Waals surface area contributed by atoms with Gasteiger partial charge >= 0.3 is 12.1 Å². The summed E-state index contributed by atoms with van der Waals surface area (Å²) in [5.74, 6) is -2.27. The van der Waals surface area contributed by atoms with Gasteiger partial charge in [0.2, 0.25) is 0 Å². The number of carboxylic acids is 1. The van der Waals surface area contributed by atoms with Crippen LogP contribution in [0.4, 0.5) is 24.7 Å². The van der Waals surface area contributed by atoms with E-state index in [-0.39, 0.29) is 16.5 Å². The van der Waals surface area contributed by atoms with E-state index < -0.39 is 22.2 Å². The van der Waals surface area contributed by atoms with Crippen molar-refractivity contribution < 1.29 is 36.3 Å². The van der Waals surface area contributed by atoms with Gasteiger partial charge in [0.15, 0.2) is 0 Å². The summed E-state index contributed by atoms with van der Waals surface area (Å²) in [5.41, 5.74) is 2.63. The van der Waals surface area contributed by atoms with Gasteiger partial charge in [-0.05, 0) is 56.0 Å². The zero-order valence-corrected chi connectivity index (χ0v) is 23.8. The van der Waals surface area contributed by atoms with Crippen LogP contribution in [0.5, 0.6) is 0 Å². The average molecular weight is 588 g/mol. The minimum atomic E-state index is -5.08. The molecule has 0 aliphatic carbocycles. The lowest BCUT2D eigenvalue weighted by molar-refractivity contribution is -0.192. The lowest BCUT2D eigenvalue weighted by atomic mass is 10.1. The lowest BCUT2D eigenvalue weighted by Crippen LogP contribution is -2.45. The van der Waals surface area contributed by atoms with Crippen molar-refractivity contribution in [1.82, 2.24) is 15.2 Å². The van der Waals surface area contributed by atoms with Gasteiger partial charge in [-0.2, -0.15) is 13.2 Å². The number of halogens is 3. The van der Waals surface area contributed by atoms with Gasteiger partial charge in [-0.15, -0.1) is 0 Å². The highest BCUT2D eigenvalue weighted by Crippen LogP contribution is 2.26. The summed E-state index contributed by atoms with van der Waals surface area (Å²) >= 11 is 0. The van der Waals surface area contributed by atoms with Gasteiger partial charge in [0.25, 0.3) is 15.9 Å². The molecule has 1 fully saturated rings. The Morgan fingerprint density at radius 1 is 1.07 bits per heavy atom. The number of hydrogen-bond donors (Lipinski definition) is 3. The van der Waals surface area contributed by atoms with Crippen LogP contribution >= 0.6 is 0 Å². The molecular formula is C26H36F3N5O5S. The van der Waals surface area contributed by atoms with Gasteiger partial charge in [-0.1, -0.05) is 19.9 Å². The number of nitrogens with zero attached hydrogens (tertiary/aromatic N) is 3. The molecule has 2 aromatic rings. The molecule has 1 aliphatic heterocycles. The molecule has 0 atom stereocenters. The van der Waals surface area contributed by atoms with Crippen LogP contribution in [0.3, 0.4) is 0 Å². The number of nitrogens with one attached hydrogen (secondary N) is 2. The Hall–Kier alpha value is -3.39. The molecule has 3 rings (SSSR count). The summed E-state index contributed by atoms with van der Waals surface area (Å²) in [5, 5.41) is 10.4. The second-order valence-corrected chi connectivity index (χ2v) is 11.0. The van der Waals surface area contributed by atoms with Crippen LogP contribution in [0.1, 0.15) is 48.2 Å². The molecule has 0 spiro atoms. The molecule has 1 aliphatic rings. The Morgan fingerprint density at radius 2 is 1.65 bits per heavy atom. The average Bonchev–Trinajstić information content (AvgIpc) is 2.89. The summed E-state index contributed by atoms with van der Waals surface area (Å²) in [7, 11) is -3.81. The minimum absolute atomic E-state index is 0.119. The van der Waals surface area contributed by atoms with Crippen molar-refractivity contribution in [2.75, 3.05) is 48.9 Å². The second kappa shape index (κ2) is 14.3. The number of pyridine rings is 1. The van der Waals surface area contributed by atoms with Crippen LogP contribution in [-0.2, 0) is 14.8 Å². The number of anilines is 2. The van der Waals surface area contributed by atoms with E-state index in [9.17, 15) is 26.4 Å². The van der Waals surface area contributed by atoms with E-state index in [1.807, 2.05) is 32.6 Å². The molecule has 0 saturated carbocycles. The first kappa shape index (κ1) is 32.8. The topological polar surface area (TPSA) is 132 Å². The van der Waals surface area contributed by atoms with Crippen molar-refractivity contribution in [2.45, 2.75) is 51.6 Å². The van der Waals surface area contributed by atoms with Gasteiger partial charge in [0.05, 0.1) is 22.3 Å². The first-order chi connectivity index (χ1) is 18.7. The van der Waals surface area contributed by atoms with Gasteiger partial charge in [-0.25, -0.2) is 18.2 Å². The minimum Gasteiger partial charge on any atom is -0.475 e. The summed E-state index contributed by atoms with van der Waals surface area (Å²) in [6, 6.07) is 6.65. The number of alkyl halides is 3. The molecule has 0 bridgehead atoms. The van der Waals surface area contributed by atoms with E-state index in [0.29, 0.717) is 24.5 Å². The van der Waals surface area contributed by atoms with Crippen molar-refractivity contribution in [1.29, 1.82) is 0 Å². The smallest absolute Gasteiger partial charge is 0.475 e. The Kier molecular flexibility index (Phi) is 11.7. The molecule has 10 nitrogen and oxygen atoms in total. The number of carboxylic acid groups (broad SMARTS) is 1. The Labute approximate surface area is 232 Å². The summed E-state index contributed by atoms with van der Waals surface area (Å²) in [6.07, 6.45) is -1.89. The van der Waals surface area contributed by atoms with E-state index in [1.165, 1.54) is 6.20 Å². The van der Waals surface area contributed by atoms with Gasteiger partial charge < -0.3 is 20.2 Å². The maximum absolute atomic E-state index is 13.5. The Morgan fingerprint density at radius 3 is 2.15 bits per heavy atom. The van der Waals surface area contributed by atoms with Crippen molar-refractivity contribution in [2.24, 2.45) is 0 Å². The van der Waals surface area contributed by atoms with E-state index in [2.05, 4.69) is 19.9 Å². The third kappa shape index (κ3) is 9.08. The molecule has 0 unspecified atom stereocenters. The normalized spacial score (nSPS) is 13.7. The number of benzene rings is 1. The number of aliphatic carboxylic acids is 1. The van der Waals surface area contributed by atoms with Crippen molar-refractivity contribution in [3.63, 3.8) is 0 Å². The molecule has 14 heteroatoms. The van der Waals surface area contributed by atoms with Crippen LogP contribution in [-0.4, -0.2) is 80.7 Å². The summed E-state index contributed by atoms with van der Waals surface area (Å²) < 4.78 is 60.4.